The minimum Gasteiger partial charge on any atom is -0.330 e. The molecule has 0 saturated heterocycles. The van der Waals surface area contributed by atoms with Gasteiger partial charge in [-0.1, -0.05) is 13.8 Å². The first-order valence-electron chi connectivity index (χ1n) is 4.31. The van der Waals surface area contributed by atoms with Crippen LogP contribution in [0.15, 0.2) is 4.99 Å². The highest BCUT2D eigenvalue weighted by Crippen LogP contribution is 2.12. The van der Waals surface area contributed by atoms with E-state index >= 15 is 0 Å². The Morgan fingerprint density at radius 1 is 1.45 bits per heavy atom. The molecular formula is C9H20N2. The Bertz CT molecular complexity index is 108. The van der Waals surface area contributed by atoms with Crippen molar-refractivity contribution in [2.24, 2.45) is 22.6 Å². The summed E-state index contributed by atoms with van der Waals surface area (Å²) in [6, 6.07) is 0. The molecule has 0 heterocycles. The van der Waals surface area contributed by atoms with E-state index in [1.165, 1.54) is 6.42 Å². The molecule has 0 aliphatic carbocycles. The van der Waals surface area contributed by atoms with Crippen LogP contribution in [0, 0.1) is 11.8 Å². The Labute approximate surface area is 69.9 Å². The van der Waals surface area contributed by atoms with Crippen LogP contribution >= 0.6 is 0 Å². The van der Waals surface area contributed by atoms with E-state index < -0.39 is 0 Å². The first kappa shape index (κ1) is 10.6. The van der Waals surface area contributed by atoms with Crippen LogP contribution in [0.5, 0.6) is 0 Å². The third-order valence-corrected chi connectivity index (χ3v) is 1.76. The zero-order valence-corrected chi connectivity index (χ0v) is 7.88. The van der Waals surface area contributed by atoms with Gasteiger partial charge in [-0.3, -0.25) is 0 Å². The summed E-state index contributed by atoms with van der Waals surface area (Å²) in [7, 11) is 1.81. The summed E-state index contributed by atoms with van der Waals surface area (Å²) in [6.07, 6.45) is 4.20. The van der Waals surface area contributed by atoms with Crippen molar-refractivity contribution in [1.82, 2.24) is 0 Å². The highest BCUT2D eigenvalue weighted by atomic mass is 14.6. The van der Waals surface area contributed by atoms with Crippen LogP contribution in [0.2, 0.25) is 0 Å². The molecule has 0 aromatic carbocycles. The Kier molecular flexibility index (Phi) is 6.13. The van der Waals surface area contributed by atoms with Crippen LogP contribution in [-0.2, 0) is 0 Å². The molecule has 0 aromatic rings. The van der Waals surface area contributed by atoms with E-state index in [4.69, 9.17) is 5.73 Å². The molecule has 0 rings (SSSR count). The van der Waals surface area contributed by atoms with Gasteiger partial charge in [0.25, 0.3) is 0 Å². The molecule has 0 aromatic heterocycles. The van der Waals surface area contributed by atoms with Gasteiger partial charge >= 0.3 is 0 Å². The first-order chi connectivity index (χ1) is 5.20. The van der Waals surface area contributed by atoms with Gasteiger partial charge in [0.05, 0.1) is 0 Å². The van der Waals surface area contributed by atoms with Gasteiger partial charge in [0.15, 0.2) is 0 Å². The van der Waals surface area contributed by atoms with E-state index in [1.807, 2.05) is 13.3 Å². The number of nitrogens with zero attached hydrogens (tertiary/aromatic N) is 1. The van der Waals surface area contributed by atoms with Crippen molar-refractivity contribution in [3.63, 3.8) is 0 Å². The van der Waals surface area contributed by atoms with Gasteiger partial charge in [-0.25, -0.2) is 0 Å². The predicted octanol–water partition coefficient (Wildman–Crippen LogP) is 1.70. The highest BCUT2D eigenvalue weighted by Gasteiger charge is 2.06. The van der Waals surface area contributed by atoms with Crippen LogP contribution < -0.4 is 5.73 Å². The van der Waals surface area contributed by atoms with Crippen LogP contribution in [0.25, 0.3) is 0 Å². The van der Waals surface area contributed by atoms with Crippen molar-refractivity contribution >= 4 is 6.21 Å². The third kappa shape index (κ3) is 6.05. The van der Waals surface area contributed by atoms with Gasteiger partial charge < -0.3 is 10.7 Å². The Balaban J connectivity index is 3.57. The number of hydrogen-bond acceptors (Lipinski definition) is 2. The van der Waals surface area contributed by atoms with E-state index in [0.717, 1.165) is 18.9 Å². The fourth-order valence-corrected chi connectivity index (χ4v) is 1.21. The van der Waals surface area contributed by atoms with Crippen molar-refractivity contribution in [2.45, 2.75) is 26.7 Å². The molecule has 0 aliphatic heterocycles. The molecule has 11 heavy (non-hydrogen) atoms. The summed E-state index contributed by atoms with van der Waals surface area (Å²) in [4.78, 5) is 3.95. The molecule has 2 nitrogen and oxygen atoms in total. The minimum absolute atomic E-state index is 0.624. The van der Waals surface area contributed by atoms with E-state index in [1.54, 1.807) is 0 Å². The molecule has 2 heteroatoms. The molecule has 2 N–H and O–H groups in total. The molecule has 0 aliphatic rings. The fraction of sp³-hybridized carbons (Fsp3) is 0.889. The molecule has 0 saturated carbocycles. The number of rotatable bonds is 5. The predicted molar refractivity (Wildman–Crippen MR) is 51.0 cm³/mol. The van der Waals surface area contributed by atoms with Gasteiger partial charge in [0, 0.05) is 7.05 Å². The van der Waals surface area contributed by atoms with Crippen molar-refractivity contribution in [1.29, 1.82) is 0 Å². The van der Waals surface area contributed by atoms with Gasteiger partial charge in [-0.15, -0.1) is 0 Å². The highest BCUT2D eigenvalue weighted by molar-refractivity contribution is 5.57. The van der Waals surface area contributed by atoms with Crippen molar-refractivity contribution < 1.29 is 0 Å². The normalized spacial score (nSPS) is 14.6. The van der Waals surface area contributed by atoms with Crippen molar-refractivity contribution in [3.8, 4) is 0 Å². The minimum atomic E-state index is 0.624. The number of aliphatic imine (C=N–C) groups is 1. The lowest BCUT2D eigenvalue weighted by Crippen LogP contribution is -2.16. The Hall–Kier alpha value is -0.370. The maximum Gasteiger partial charge on any atom is 0.0273 e. The van der Waals surface area contributed by atoms with Crippen LogP contribution in [-0.4, -0.2) is 19.8 Å². The standard InChI is InChI=1S/C9H20N2/c1-8(2)6-9(7-10)4-5-11-3/h5,8-9H,4,6-7,10H2,1-3H3. The lowest BCUT2D eigenvalue weighted by atomic mass is 9.95. The van der Waals surface area contributed by atoms with Crippen LogP contribution in [0.3, 0.4) is 0 Å². The fourth-order valence-electron chi connectivity index (χ4n) is 1.21. The third-order valence-electron chi connectivity index (χ3n) is 1.76. The smallest absolute Gasteiger partial charge is 0.0273 e. The second-order valence-electron chi connectivity index (χ2n) is 3.41. The maximum atomic E-state index is 5.60. The largest absolute Gasteiger partial charge is 0.330 e. The summed E-state index contributed by atoms with van der Waals surface area (Å²) in [6.45, 7) is 5.24. The molecular weight excluding hydrogens is 136 g/mol. The summed E-state index contributed by atoms with van der Waals surface area (Å²) in [5, 5.41) is 0. The molecule has 66 valence electrons. The molecule has 0 bridgehead atoms. The van der Waals surface area contributed by atoms with E-state index in [-0.39, 0.29) is 0 Å². The van der Waals surface area contributed by atoms with Gasteiger partial charge in [-0.05, 0) is 37.4 Å². The Morgan fingerprint density at radius 3 is 2.45 bits per heavy atom. The maximum absolute atomic E-state index is 5.60. The summed E-state index contributed by atoms with van der Waals surface area (Å²) in [5.41, 5.74) is 5.60. The molecule has 0 spiro atoms. The number of nitrogens with two attached hydrogens (primary N) is 1. The summed E-state index contributed by atoms with van der Waals surface area (Å²) < 4.78 is 0. The molecule has 0 fully saturated rings. The molecule has 0 radical (unpaired) electrons. The van der Waals surface area contributed by atoms with Gasteiger partial charge in [0.2, 0.25) is 0 Å². The molecule has 0 amide bonds. The van der Waals surface area contributed by atoms with E-state index in [2.05, 4.69) is 18.8 Å². The second kappa shape index (κ2) is 6.35. The first-order valence-corrected chi connectivity index (χ1v) is 4.31. The van der Waals surface area contributed by atoms with Gasteiger partial charge in [-0.2, -0.15) is 0 Å². The summed E-state index contributed by atoms with van der Waals surface area (Å²) in [5.74, 6) is 1.37. The summed E-state index contributed by atoms with van der Waals surface area (Å²) >= 11 is 0. The molecule has 1 unspecified atom stereocenters. The Morgan fingerprint density at radius 2 is 2.09 bits per heavy atom. The van der Waals surface area contributed by atoms with Crippen molar-refractivity contribution in [3.05, 3.63) is 0 Å². The zero-order valence-electron chi connectivity index (χ0n) is 7.88. The van der Waals surface area contributed by atoms with Crippen LogP contribution in [0.1, 0.15) is 26.7 Å². The van der Waals surface area contributed by atoms with E-state index in [0.29, 0.717) is 5.92 Å². The quantitative estimate of drug-likeness (QED) is 0.604. The average Bonchev–Trinajstić information content (AvgIpc) is 1.97. The lowest BCUT2D eigenvalue weighted by Gasteiger charge is -2.13. The lowest BCUT2D eigenvalue weighted by molar-refractivity contribution is 0.430. The number of hydrogen-bond donors (Lipinski definition) is 1. The zero-order chi connectivity index (χ0) is 8.69. The topological polar surface area (TPSA) is 38.4 Å². The second-order valence-corrected chi connectivity index (χ2v) is 3.41. The van der Waals surface area contributed by atoms with Crippen molar-refractivity contribution in [2.75, 3.05) is 13.6 Å². The van der Waals surface area contributed by atoms with Gasteiger partial charge in [0.1, 0.15) is 0 Å². The average molecular weight is 156 g/mol. The van der Waals surface area contributed by atoms with Crippen LogP contribution in [0.4, 0.5) is 0 Å². The molecule has 1 atom stereocenters. The monoisotopic (exact) mass is 156 g/mol. The van der Waals surface area contributed by atoms with E-state index in [9.17, 15) is 0 Å². The SMILES string of the molecule is CN=CCC(CN)CC(C)C.